The maximum Gasteiger partial charge on any atom is 0.332 e. The van der Waals surface area contributed by atoms with Crippen LogP contribution in [0.5, 0.6) is 5.75 Å². The van der Waals surface area contributed by atoms with Crippen LogP contribution in [0.2, 0.25) is 0 Å². The van der Waals surface area contributed by atoms with Crippen LogP contribution >= 0.6 is 0 Å². The zero-order valence-corrected chi connectivity index (χ0v) is 10.6. The molecule has 1 amide bonds. The van der Waals surface area contributed by atoms with Gasteiger partial charge >= 0.3 is 5.97 Å². The van der Waals surface area contributed by atoms with Gasteiger partial charge in [0.15, 0.2) is 6.10 Å². The highest BCUT2D eigenvalue weighted by atomic mass is 16.5. The van der Waals surface area contributed by atoms with Gasteiger partial charge in [-0.1, -0.05) is 0 Å². The van der Waals surface area contributed by atoms with E-state index in [2.05, 4.69) is 5.32 Å². The van der Waals surface area contributed by atoms with Gasteiger partial charge in [-0.3, -0.25) is 4.79 Å². The molecule has 0 radical (unpaired) electrons. The molecule has 0 fully saturated rings. The van der Waals surface area contributed by atoms with Gasteiger partial charge in [-0.2, -0.15) is 0 Å². The van der Waals surface area contributed by atoms with Gasteiger partial charge in [-0.15, -0.1) is 0 Å². The Hall–Kier alpha value is -2.08. The lowest BCUT2D eigenvalue weighted by molar-refractivity contribution is -0.146. The summed E-state index contributed by atoms with van der Waals surface area (Å²) in [7, 11) is 0. The second-order valence-corrected chi connectivity index (χ2v) is 3.86. The topological polar surface area (TPSA) is 95.9 Å². The summed E-state index contributed by atoms with van der Waals surface area (Å²) in [6, 6.07) is 6.61. The van der Waals surface area contributed by atoms with Gasteiger partial charge in [0.1, 0.15) is 5.75 Å². The van der Waals surface area contributed by atoms with Crippen molar-refractivity contribution in [2.75, 3.05) is 13.2 Å². The molecule has 0 aliphatic carbocycles. The van der Waals surface area contributed by atoms with E-state index in [9.17, 15) is 9.59 Å². The third-order valence-corrected chi connectivity index (χ3v) is 2.42. The first-order valence-electron chi connectivity index (χ1n) is 5.96. The summed E-state index contributed by atoms with van der Waals surface area (Å²) in [6.07, 6.45) is -1.49. The summed E-state index contributed by atoms with van der Waals surface area (Å²) < 4.78 is 5.25. The molecular weight excluding hydrogens is 250 g/mol. The number of aliphatic hydroxyl groups excluding tert-OH is 1. The number of hydrogen-bond donors (Lipinski definition) is 3. The molecule has 0 saturated heterocycles. The van der Waals surface area contributed by atoms with E-state index in [4.69, 9.17) is 14.9 Å². The molecule has 3 N–H and O–H groups in total. The van der Waals surface area contributed by atoms with Gasteiger partial charge in [-0.05, 0) is 31.2 Å². The first-order chi connectivity index (χ1) is 9.04. The third-order valence-electron chi connectivity index (χ3n) is 2.42. The van der Waals surface area contributed by atoms with Crippen LogP contribution in [0.25, 0.3) is 0 Å². The Kier molecular flexibility index (Phi) is 5.81. The minimum absolute atomic E-state index is 0.0297. The van der Waals surface area contributed by atoms with E-state index in [-0.39, 0.29) is 18.9 Å². The van der Waals surface area contributed by atoms with E-state index in [1.54, 1.807) is 24.3 Å². The normalized spacial score (nSPS) is 11.7. The maximum atomic E-state index is 11.7. The molecule has 1 rings (SSSR count). The van der Waals surface area contributed by atoms with Gasteiger partial charge < -0.3 is 20.3 Å². The van der Waals surface area contributed by atoms with Crippen molar-refractivity contribution in [1.82, 2.24) is 5.32 Å². The molecule has 104 valence electrons. The van der Waals surface area contributed by atoms with Crippen LogP contribution < -0.4 is 10.1 Å². The predicted octanol–water partition coefficient (Wildman–Crippen LogP) is 0.651. The molecular formula is C13H17NO5. The number of carbonyl (C=O) groups is 2. The number of carboxylic acid groups (broad SMARTS) is 1. The SMILES string of the molecule is CCOc1ccc(C(=O)NCCC(O)C(=O)O)cc1. The van der Waals surface area contributed by atoms with Crippen molar-refractivity contribution in [3.8, 4) is 5.75 Å². The van der Waals surface area contributed by atoms with E-state index in [1.165, 1.54) is 0 Å². The number of ether oxygens (including phenoxy) is 1. The van der Waals surface area contributed by atoms with Crippen molar-refractivity contribution in [2.24, 2.45) is 0 Å². The first-order valence-corrected chi connectivity index (χ1v) is 5.96. The van der Waals surface area contributed by atoms with Crippen LogP contribution in [0.4, 0.5) is 0 Å². The summed E-state index contributed by atoms with van der Waals surface area (Å²) in [5.74, 6) is -0.934. The molecule has 0 spiro atoms. The summed E-state index contributed by atoms with van der Waals surface area (Å²) in [6.45, 7) is 2.52. The summed E-state index contributed by atoms with van der Waals surface area (Å²) in [5.41, 5.74) is 0.452. The van der Waals surface area contributed by atoms with Crippen LogP contribution in [0.15, 0.2) is 24.3 Å². The van der Waals surface area contributed by atoms with E-state index in [0.29, 0.717) is 17.9 Å². The average Bonchev–Trinajstić information content (AvgIpc) is 2.39. The second-order valence-electron chi connectivity index (χ2n) is 3.86. The summed E-state index contributed by atoms with van der Waals surface area (Å²) in [5, 5.41) is 20.0. The van der Waals surface area contributed by atoms with Crippen LogP contribution in [0.1, 0.15) is 23.7 Å². The predicted molar refractivity (Wildman–Crippen MR) is 68.2 cm³/mol. The monoisotopic (exact) mass is 267 g/mol. The summed E-state index contributed by atoms with van der Waals surface area (Å²) >= 11 is 0. The number of carbonyl (C=O) groups excluding carboxylic acids is 1. The molecule has 0 aromatic heterocycles. The number of carboxylic acids is 1. The highest BCUT2D eigenvalue weighted by Crippen LogP contribution is 2.11. The van der Waals surface area contributed by atoms with Gasteiger partial charge in [0, 0.05) is 18.5 Å². The fraction of sp³-hybridized carbons (Fsp3) is 0.385. The lowest BCUT2D eigenvalue weighted by atomic mass is 10.2. The molecule has 6 nitrogen and oxygen atoms in total. The van der Waals surface area contributed by atoms with Crippen LogP contribution in [-0.2, 0) is 4.79 Å². The Morgan fingerprint density at radius 2 is 1.95 bits per heavy atom. The van der Waals surface area contributed by atoms with Crippen LogP contribution in [0.3, 0.4) is 0 Å². The first kappa shape index (κ1) is 15.0. The maximum absolute atomic E-state index is 11.7. The molecule has 1 atom stereocenters. The number of benzene rings is 1. The van der Waals surface area contributed by atoms with Crippen molar-refractivity contribution in [2.45, 2.75) is 19.4 Å². The standard InChI is InChI=1S/C13H17NO5/c1-2-19-10-5-3-9(4-6-10)12(16)14-8-7-11(15)13(17)18/h3-6,11,15H,2,7-8H2,1H3,(H,14,16)(H,17,18). The number of nitrogens with one attached hydrogen (secondary N) is 1. The van der Waals surface area contributed by atoms with Crippen LogP contribution in [-0.4, -0.2) is 41.3 Å². The molecule has 1 aromatic carbocycles. The summed E-state index contributed by atoms with van der Waals surface area (Å²) in [4.78, 5) is 22.1. The molecule has 0 saturated carbocycles. The van der Waals surface area contributed by atoms with Crippen molar-refractivity contribution in [1.29, 1.82) is 0 Å². The molecule has 19 heavy (non-hydrogen) atoms. The Balaban J connectivity index is 2.43. The highest BCUT2D eigenvalue weighted by molar-refractivity contribution is 5.94. The number of hydrogen-bond acceptors (Lipinski definition) is 4. The largest absolute Gasteiger partial charge is 0.494 e. The van der Waals surface area contributed by atoms with Crippen molar-refractivity contribution < 1.29 is 24.5 Å². The molecule has 6 heteroatoms. The Morgan fingerprint density at radius 3 is 2.47 bits per heavy atom. The van der Waals surface area contributed by atoms with Crippen molar-refractivity contribution in [3.05, 3.63) is 29.8 Å². The van der Waals surface area contributed by atoms with Crippen molar-refractivity contribution >= 4 is 11.9 Å². The number of aliphatic carboxylic acids is 1. The Labute approximate surface area is 111 Å². The third kappa shape index (κ3) is 4.97. The van der Waals surface area contributed by atoms with Gasteiger partial charge in [0.05, 0.1) is 6.61 Å². The van der Waals surface area contributed by atoms with E-state index in [0.717, 1.165) is 0 Å². The molecule has 0 aliphatic rings. The lowest BCUT2D eigenvalue weighted by Crippen LogP contribution is -2.30. The molecule has 1 unspecified atom stereocenters. The van der Waals surface area contributed by atoms with Gasteiger partial charge in [-0.25, -0.2) is 4.79 Å². The molecule has 0 heterocycles. The lowest BCUT2D eigenvalue weighted by Gasteiger charge is -2.08. The average molecular weight is 267 g/mol. The minimum Gasteiger partial charge on any atom is -0.494 e. The fourth-order valence-electron chi connectivity index (χ4n) is 1.42. The minimum atomic E-state index is -1.46. The zero-order chi connectivity index (χ0) is 14.3. The Bertz CT molecular complexity index is 429. The molecule has 1 aromatic rings. The fourth-order valence-corrected chi connectivity index (χ4v) is 1.42. The number of rotatable bonds is 7. The zero-order valence-electron chi connectivity index (χ0n) is 10.6. The molecule has 0 bridgehead atoms. The highest BCUT2D eigenvalue weighted by Gasteiger charge is 2.13. The molecule has 0 aliphatic heterocycles. The van der Waals surface area contributed by atoms with E-state index < -0.39 is 12.1 Å². The quantitative estimate of drug-likeness (QED) is 0.674. The second kappa shape index (κ2) is 7.38. The van der Waals surface area contributed by atoms with E-state index in [1.807, 2.05) is 6.92 Å². The van der Waals surface area contributed by atoms with Crippen molar-refractivity contribution in [3.63, 3.8) is 0 Å². The number of amides is 1. The Morgan fingerprint density at radius 1 is 1.32 bits per heavy atom. The number of aliphatic hydroxyl groups is 1. The van der Waals surface area contributed by atoms with Gasteiger partial charge in [0.2, 0.25) is 0 Å². The smallest absolute Gasteiger partial charge is 0.332 e. The van der Waals surface area contributed by atoms with Gasteiger partial charge in [0.25, 0.3) is 5.91 Å². The van der Waals surface area contributed by atoms with Crippen LogP contribution in [0, 0.1) is 0 Å². The van der Waals surface area contributed by atoms with E-state index >= 15 is 0 Å².